The van der Waals surface area contributed by atoms with Crippen molar-refractivity contribution in [1.82, 2.24) is 47.4 Å². The van der Waals surface area contributed by atoms with Gasteiger partial charge in [0, 0.05) is 60.3 Å². The Kier molecular flexibility index (Phi) is 40.9. The predicted molar refractivity (Wildman–Crippen MR) is 393 cm³/mol. The summed E-state index contributed by atoms with van der Waals surface area (Å²) < 4.78 is 131. The molecule has 4 heterocycles. The lowest BCUT2D eigenvalue weighted by atomic mass is 9.88. The van der Waals surface area contributed by atoms with E-state index in [-0.39, 0.29) is 121 Å². The van der Waals surface area contributed by atoms with Crippen LogP contribution in [0.15, 0.2) is 12.1 Å². The number of nitrogens with two attached hydrogens (primary N) is 1. The Morgan fingerprint density at radius 1 is 0.655 bits per heavy atom. The maximum absolute atomic E-state index is 15.5. The van der Waals surface area contributed by atoms with Crippen LogP contribution in [0, 0.1) is 46.8 Å². The van der Waals surface area contributed by atoms with Gasteiger partial charge in [-0.3, -0.25) is 52.7 Å². The van der Waals surface area contributed by atoms with Gasteiger partial charge in [-0.15, -0.1) is 0 Å². The van der Waals surface area contributed by atoms with E-state index < -0.39 is 222 Å². The number of primary amides is 1. The molecule has 113 heavy (non-hydrogen) atoms. The number of esters is 1. The molecule has 0 saturated carbocycles. The standard InChI is InChI=1S/C71H104F5N11O24S2/c1-5-39(2)43-8-13-78-54(93)34-81-67(98)47-31-45-44-6-7-51(103-4)46(64(44)86-71(45)113(102)38-49(82-55(94)35-80-66(43)97)69(100)83-48(32-52(77)91)68(99)79-33-41(89)30-53(92)85-63(70(101)84-47)40(3)50(90)36-88)37-112-42-9-14-87(15-10-42)56(95)11-16-104-18-20-106-22-24-108-26-28-110-29-27-109-25-23-107-21-19-105-17-12-57(96)111-65-61(75)59(73)58(72)60(74)62(65)76/h6-7,39-43,45,47-50,63,71,86,88-90H,5,8-38H2,1-4H3,(H2,77,91)(H,78,93)(H,79,99)(H,80,97)(H,81,98)(H,82,94)(H,83,100)(H,84,101)(H,85,92)/t39-,40-,41+,43-,45?,47-,48-,49+,50-,63-,71?,113?/m0/s1. The van der Waals surface area contributed by atoms with Crippen LogP contribution in [-0.4, -0.2) is 288 Å². The van der Waals surface area contributed by atoms with E-state index >= 15 is 4.55 Å². The van der Waals surface area contributed by atoms with E-state index in [9.17, 15) is 90.0 Å². The van der Waals surface area contributed by atoms with Crippen molar-refractivity contribution in [3.63, 3.8) is 0 Å². The fourth-order valence-electron chi connectivity index (χ4n) is 12.4. The lowest BCUT2D eigenvalue weighted by molar-refractivity contribution is -0.136. The smallest absolute Gasteiger partial charge is 0.313 e. The molecule has 634 valence electrons. The van der Waals surface area contributed by atoms with E-state index in [1.807, 2.05) is 6.92 Å². The van der Waals surface area contributed by atoms with Crippen molar-refractivity contribution in [3.05, 3.63) is 52.3 Å². The number of carbonyl (C=O) groups is 11. The number of amides is 10. The van der Waals surface area contributed by atoms with E-state index in [1.165, 1.54) is 14.0 Å². The Hall–Kier alpha value is -7.88. The molecule has 4 aliphatic heterocycles. The summed E-state index contributed by atoms with van der Waals surface area (Å²) in [6.45, 7) is 5.41. The number of rotatable bonds is 36. The molecule has 2 aromatic rings. The Balaban J connectivity index is 1.02. The molecule has 2 bridgehead atoms. The van der Waals surface area contributed by atoms with Gasteiger partial charge in [-0.05, 0) is 54.4 Å². The third kappa shape index (κ3) is 30.4. The first-order valence-electron chi connectivity index (χ1n) is 37.1. The molecule has 10 amide bonds. The quantitative estimate of drug-likeness (QED) is 0.00680. The summed E-state index contributed by atoms with van der Waals surface area (Å²) in [5.41, 5.74) is 6.91. The van der Waals surface area contributed by atoms with Gasteiger partial charge in [0.05, 0.1) is 163 Å². The molecular formula is C71H104F5N11O24S2. The van der Waals surface area contributed by atoms with Crippen LogP contribution in [0.3, 0.4) is 0 Å². The van der Waals surface area contributed by atoms with Crippen LogP contribution in [0.4, 0.5) is 27.6 Å². The van der Waals surface area contributed by atoms with Crippen LogP contribution < -0.4 is 63.1 Å². The van der Waals surface area contributed by atoms with Gasteiger partial charge in [0.1, 0.15) is 29.6 Å². The maximum Gasteiger partial charge on any atom is 0.313 e. The SMILES string of the molecule is CC[C@H](C)[C@@H]1CCNC(=O)CNC(=O)[C@@H]2CC3c4ccc(OC)c(CSC5CCN(C(=O)CCOCCOCCOCCOCCOCCOCCOCCC(=O)Oc6c(F)c(F)c(F)c(F)c6F)CC5)c4NC3[S+]([O-])C[C@@H](NC(=O)CNC1=O)C(=O)N[C@@H](CC(N)=O)C(=O)NC[C@H](O)CC(=O)N[C@@H]([C@@H](C)[C@@H](O)CO)C(=O)N2. The highest BCUT2D eigenvalue weighted by atomic mass is 32.2. The molecule has 42 heteroatoms. The van der Waals surface area contributed by atoms with Crippen molar-refractivity contribution in [2.75, 3.05) is 157 Å². The first kappa shape index (κ1) is 94.0. The number of aliphatic hydroxyl groups excluding tert-OH is 3. The summed E-state index contributed by atoms with van der Waals surface area (Å²) >= 11 is -0.819. The fourth-order valence-corrected chi connectivity index (χ4v) is 15.2. The van der Waals surface area contributed by atoms with Gasteiger partial charge in [-0.25, -0.2) is 13.2 Å². The molecule has 4 aliphatic rings. The summed E-state index contributed by atoms with van der Waals surface area (Å²) in [4.78, 5) is 152. The van der Waals surface area contributed by atoms with E-state index in [1.54, 1.807) is 35.7 Å². The Morgan fingerprint density at radius 3 is 1.78 bits per heavy atom. The van der Waals surface area contributed by atoms with Crippen molar-refractivity contribution in [2.24, 2.45) is 23.5 Å². The second kappa shape index (κ2) is 49.1. The van der Waals surface area contributed by atoms with Crippen molar-refractivity contribution in [1.29, 1.82) is 0 Å². The zero-order valence-corrected chi connectivity index (χ0v) is 65.0. The van der Waals surface area contributed by atoms with Gasteiger partial charge in [-0.2, -0.15) is 20.5 Å². The van der Waals surface area contributed by atoms with Gasteiger partial charge in [0.25, 0.3) is 0 Å². The topological polar surface area (TPSA) is 492 Å². The van der Waals surface area contributed by atoms with E-state index in [0.29, 0.717) is 68.1 Å². The minimum atomic E-state index is -2.38. The minimum absolute atomic E-state index is 0.00281. The van der Waals surface area contributed by atoms with Crippen molar-refractivity contribution >= 4 is 93.7 Å². The van der Waals surface area contributed by atoms with Crippen LogP contribution in [0.2, 0.25) is 0 Å². The molecular weight excluding hydrogens is 1550 g/mol. The van der Waals surface area contributed by atoms with Crippen molar-refractivity contribution in [2.45, 2.75) is 137 Å². The Labute approximate surface area is 656 Å². The zero-order valence-electron chi connectivity index (χ0n) is 63.4. The first-order valence-corrected chi connectivity index (χ1v) is 39.5. The van der Waals surface area contributed by atoms with Gasteiger partial charge < -0.3 is 121 Å². The molecule has 12 atom stereocenters. The predicted octanol–water partition coefficient (Wildman–Crippen LogP) is -1.81. The monoisotopic (exact) mass is 1650 g/mol. The van der Waals surface area contributed by atoms with Gasteiger partial charge >= 0.3 is 5.97 Å². The Morgan fingerprint density at radius 2 is 1.21 bits per heavy atom. The van der Waals surface area contributed by atoms with Crippen LogP contribution in [0.5, 0.6) is 11.5 Å². The van der Waals surface area contributed by atoms with E-state index in [0.717, 1.165) is 0 Å². The lowest BCUT2D eigenvalue weighted by Crippen LogP contribution is -2.59. The highest BCUT2D eigenvalue weighted by Crippen LogP contribution is 2.48. The third-order valence-electron chi connectivity index (χ3n) is 18.9. The molecule has 35 nitrogen and oxygen atoms in total. The molecule has 0 spiro atoms. The Bertz CT molecular complexity index is 3480. The zero-order chi connectivity index (χ0) is 82.7. The highest BCUT2D eigenvalue weighted by molar-refractivity contribution is 7.99. The number of fused-ring (bicyclic) bond motifs is 4. The number of carbonyl (C=O) groups excluding carboxylic acids is 11. The van der Waals surface area contributed by atoms with Gasteiger partial charge in [0.15, 0.2) is 11.4 Å². The summed E-state index contributed by atoms with van der Waals surface area (Å²) in [6.07, 6.45) is -4.08. The molecule has 3 unspecified atom stereocenters. The number of hydrogen-bond acceptors (Lipinski definition) is 26. The van der Waals surface area contributed by atoms with Crippen LogP contribution >= 0.6 is 11.8 Å². The summed E-state index contributed by atoms with van der Waals surface area (Å²) in [7, 11) is 1.44. The number of thioether (sulfide) groups is 1. The number of halogens is 5. The van der Waals surface area contributed by atoms with Crippen molar-refractivity contribution < 1.29 is 137 Å². The number of β-amino-alcohol motifs (C(OH)–C–C–N with tert-alkyl or cyclic N) is 1. The maximum atomic E-state index is 15.5. The minimum Gasteiger partial charge on any atom is -0.615 e. The van der Waals surface area contributed by atoms with Crippen molar-refractivity contribution in [3.8, 4) is 11.5 Å². The molecule has 14 N–H and O–H groups in total. The van der Waals surface area contributed by atoms with E-state index in [4.69, 9.17) is 43.6 Å². The second-order valence-electron chi connectivity index (χ2n) is 27.0. The fraction of sp³-hybridized carbons (Fsp3) is 0.676. The summed E-state index contributed by atoms with van der Waals surface area (Å²) in [6, 6.07) is -3.73. The molecule has 0 aliphatic carbocycles. The van der Waals surface area contributed by atoms with Crippen LogP contribution in [0.25, 0.3) is 0 Å². The largest absolute Gasteiger partial charge is 0.615 e. The number of anilines is 1. The summed E-state index contributed by atoms with van der Waals surface area (Å²) in [5.74, 6) is -26.7. The molecule has 0 radical (unpaired) electrons. The highest BCUT2D eigenvalue weighted by Gasteiger charge is 2.47. The molecule has 0 aromatic heterocycles. The number of hydrogen-bond donors (Lipinski definition) is 13. The first-order chi connectivity index (χ1) is 54.1. The number of ether oxygens (including phenoxy) is 9. The van der Waals surface area contributed by atoms with E-state index in [2.05, 4.69) is 52.6 Å². The normalized spacial score (nSPS) is 23.1. The number of benzene rings is 2. The average Bonchev–Trinajstić information content (AvgIpc) is 1.62. The number of nitrogens with zero attached hydrogens (tertiary/aromatic N) is 1. The summed E-state index contributed by atoms with van der Waals surface area (Å²) in [5, 5.41) is 54.1. The third-order valence-corrected chi connectivity index (χ3v) is 22.0. The number of piperidine rings is 1. The molecule has 3 fully saturated rings. The number of nitrogens with one attached hydrogen (secondary N) is 9. The number of methoxy groups -OCH3 is 1. The second-order valence-corrected chi connectivity index (χ2v) is 29.8. The molecule has 2 aromatic carbocycles. The molecule has 6 rings (SSSR count). The van der Waals surface area contributed by atoms with Gasteiger partial charge in [0.2, 0.25) is 93.9 Å². The van der Waals surface area contributed by atoms with Gasteiger partial charge in [-0.1, -0.05) is 33.3 Å². The van der Waals surface area contributed by atoms with Crippen LogP contribution in [-0.2, 0) is 103 Å². The molecule has 3 saturated heterocycles. The number of aliphatic hydroxyl groups is 3. The number of likely N-dealkylation sites (tertiary alicyclic amines) is 1. The lowest BCUT2D eigenvalue weighted by Gasteiger charge is -2.32. The van der Waals surface area contributed by atoms with Crippen LogP contribution in [0.1, 0.15) is 95.6 Å². The average molecular weight is 1650 g/mol.